The van der Waals surface area contributed by atoms with Crippen molar-refractivity contribution in [3.63, 3.8) is 0 Å². The Morgan fingerprint density at radius 1 is 1.44 bits per heavy atom. The lowest BCUT2D eigenvalue weighted by molar-refractivity contribution is -0.131. The van der Waals surface area contributed by atoms with Crippen LogP contribution in [0.25, 0.3) is 0 Å². The Kier molecular flexibility index (Phi) is 6.13. The maximum absolute atomic E-state index is 12.4. The molecule has 0 bridgehead atoms. The fourth-order valence-electron chi connectivity index (χ4n) is 2.98. The first-order chi connectivity index (χ1) is 8.51. The van der Waals surface area contributed by atoms with Gasteiger partial charge in [-0.2, -0.15) is 0 Å². The van der Waals surface area contributed by atoms with Crippen LogP contribution in [-0.2, 0) is 4.79 Å². The van der Waals surface area contributed by atoms with Crippen LogP contribution in [0.15, 0.2) is 0 Å². The minimum absolute atomic E-state index is 0.145. The molecule has 106 valence electrons. The number of rotatable bonds is 6. The molecule has 3 N–H and O–H groups in total. The molecule has 0 aromatic heterocycles. The molecule has 1 aliphatic carbocycles. The predicted molar refractivity (Wildman–Crippen MR) is 76.2 cm³/mol. The number of carbonyl (C=O) groups excluding carboxylic acids is 1. The molecule has 0 spiro atoms. The number of nitrogens with one attached hydrogen (secondary N) is 1. The van der Waals surface area contributed by atoms with Gasteiger partial charge in [0.15, 0.2) is 0 Å². The zero-order valence-electron chi connectivity index (χ0n) is 12.3. The Morgan fingerprint density at radius 2 is 2.17 bits per heavy atom. The van der Waals surface area contributed by atoms with Crippen molar-refractivity contribution >= 4 is 5.91 Å². The summed E-state index contributed by atoms with van der Waals surface area (Å²) in [6, 6.07) is 0.162. The average molecular weight is 254 g/mol. The van der Waals surface area contributed by atoms with Gasteiger partial charge in [0, 0.05) is 18.5 Å². The van der Waals surface area contributed by atoms with Crippen LogP contribution in [0.3, 0.4) is 0 Å². The Hall–Kier alpha value is -0.570. The summed E-state index contributed by atoms with van der Waals surface area (Å²) in [5.74, 6) is 0.396. The van der Waals surface area contributed by atoms with Crippen molar-refractivity contribution in [3.8, 4) is 0 Å². The van der Waals surface area contributed by atoms with Crippen LogP contribution in [0.5, 0.6) is 0 Å². The minimum atomic E-state index is 0.145. The topological polar surface area (TPSA) is 55.1 Å². The second kappa shape index (κ2) is 7.13. The van der Waals surface area contributed by atoms with Crippen molar-refractivity contribution in [2.75, 3.05) is 6.54 Å². The first kappa shape index (κ1) is 15.5. The monoisotopic (exact) mass is 254 g/mol. The molecule has 3 heteroatoms. The Balaban J connectivity index is 2.51. The standard InChI is InChI=1S/C15H30N2O/c1-4-5-8-12(11-16)17-14(18)13-9-6-7-10-15(13,2)3/h12-13H,4-11,16H2,1-3H3,(H,17,18). The predicted octanol–water partition coefficient (Wildman–Crippen LogP) is 2.84. The highest BCUT2D eigenvalue weighted by molar-refractivity contribution is 5.79. The van der Waals surface area contributed by atoms with Crippen LogP contribution in [0, 0.1) is 11.3 Å². The molecule has 1 rings (SSSR count). The normalized spacial score (nSPS) is 24.6. The zero-order chi connectivity index (χ0) is 13.6. The molecule has 1 fully saturated rings. The quantitative estimate of drug-likeness (QED) is 0.766. The molecule has 0 aromatic rings. The molecular formula is C15H30N2O. The van der Waals surface area contributed by atoms with E-state index in [1.807, 2.05) is 0 Å². The van der Waals surface area contributed by atoms with Gasteiger partial charge >= 0.3 is 0 Å². The van der Waals surface area contributed by atoms with Gasteiger partial charge in [-0.1, -0.05) is 46.5 Å². The molecule has 0 aliphatic heterocycles. The molecule has 0 heterocycles. The third kappa shape index (κ3) is 4.27. The van der Waals surface area contributed by atoms with Crippen molar-refractivity contribution < 1.29 is 4.79 Å². The van der Waals surface area contributed by atoms with Crippen LogP contribution in [0.1, 0.15) is 65.7 Å². The van der Waals surface area contributed by atoms with E-state index in [-0.39, 0.29) is 23.3 Å². The number of carbonyl (C=O) groups is 1. The fraction of sp³-hybridized carbons (Fsp3) is 0.933. The van der Waals surface area contributed by atoms with E-state index in [4.69, 9.17) is 5.73 Å². The van der Waals surface area contributed by atoms with Crippen molar-refractivity contribution in [1.82, 2.24) is 5.32 Å². The highest BCUT2D eigenvalue weighted by Crippen LogP contribution is 2.40. The minimum Gasteiger partial charge on any atom is -0.352 e. The molecule has 1 aliphatic rings. The fourth-order valence-corrected chi connectivity index (χ4v) is 2.98. The molecule has 2 unspecified atom stereocenters. The summed E-state index contributed by atoms with van der Waals surface area (Å²) in [6.07, 6.45) is 7.93. The molecule has 1 amide bonds. The summed E-state index contributed by atoms with van der Waals surface area (Å²) in [5.41, 5.74) is 5.89. The van der Waals surface area contributed by atoms with Gasteiger partial charge in [-0.15, -0.1) is 0 Å². The van der Waals surface area contributed by atoms with E-state index < -0.39 is 0 Å². The van der Waals surface area contributed by atoms with Crippen molar-refractivity contribution in [2.45, 2.75) is 71.8 Å². The smallest absolute Gasteiger partial charge is 0.223 e. The maximum atomic E-state index is 12.4. The summed E-state index contributed by atoms with van der Waals surface area (Å²) in [6.45, 7) is 7.17. The van der Waals surface area contributed by atoms with Gasteiger partial charge in [0.05, 0.1) is 0 Å². The third-order valence-electron chi connectivity index (χ3n) is 4.36. The van der Waals surface area contributed by atoms with E-state index >= 15 is 0 Å². The first-order valence-corrected chi connectivity index (χ1v) is 7.51. The lowest BCUT2D eigenvalue weighted by atomic mass is 9.68. The third-order valence-corrected chi connectivity index (χ3v) is 4.36. The Morgan fingerprint density at radius 3 is 2.72 bits per heavy atom. The van der Waals surface area contributed by atoms with Gasteiger partial charge in [0.25, 0.3) is 0 Å². The highest BCUT2D eigenvalue weighted by Gasteiger charge is 2.37. The number of hydrogen-bond donors (Lipinski definition) is 2. The van der Waals surface area contributed by atoms with E-state index in [1.54, 1.807) is 0 Å². The SMILES string of the molecule is CCCCC(CN)NC(=O)C1CCCCC1(C)C. The van der Waals surface area contributed by atoms with Crippen molar-refractivity contribution in [3.05, 3.63) is 0 Å². The molecule has 3 nitrogen and oxygen atoms in total. The molecule has 1 saturated carbocycles. The number of unbranched alkanes of at least 4 members (excludes halogenated alkanes) is 1. The summed E-state index contributed by atoms with van der Waals surface area (Å²) >= 11 is 0. The van der Waals surface area contributed by atoms with Gasteiger partial charge < -0.3 is 11.1 Å². The molecular weight excluding hydrogens is 224 g/mol. The molecule has 18 heavy (non-hydrogen) atoms. The maximum Gasteiger partial charge on any atom is 0.223 e. The molecule has 2 atom stereocenters. The highest BCUT2D eigenvalue weighted by atomic mass is 16.2. The van der Waals surface area contributed by atoms with Crippen LogP contribution >= 0.6 is 0 Å². The van der Waals surface area contributed by atoms with Crippen LogP contribution in [-0.4, -0.2) is 18.5 Å². The van der Waals surface area contributed by atoms with Gasteiger partial charge in [0.1, 0.15) is 0 Å². The van der Waals surface area contributed by atoms with Crippen LogP contribution in [0.4, 0.5) is 0 Å². The van der Waals surface area contributed by atoms with Gasteiger partial charge in [-0.3, -0.25) is 4.79 Å². The van der Waals surface area contributed by atoms with Crippen LogP contribution in [0.2, 0.25) is 0 Å². The second-order valence-corrected chi connectivity index (χ2v) is 6.37. The Labute approximate surface area is 112 Å². The molecule has 0 radical (unpaired) electrons. The number of hydrogen-bond acceptors (Lipinski definition) is 2. The summed E-state index contributed by atoms with van der Waals surface area (Å²) < 4.78 is 0. The zero-order valence-corrected chi connectivity index (χ0v) is 12.3. The van der Waals surface area contributed by atoms with Gasteiger partial charge in [-0.25, -0.2) is 0 Å². The van der Waals surface area contributed by atoms with Gasteiger partial charge in [0.2, 0.25) is 5.91 Å². The summed E-state index contributed by atoms with van der Waals surface area (Å²) in [7, 11) is 0. The summed E-state index contributed by atoms with van der Waals surface area (Å²) in [4.78, 5) is 12.4. The molecule has 0 aromatic carbocycles. The first-order valence-electron chi connectivity index (χ1n) is 7.51. The van der Waals surface area contributed by atoms with E-state index in [1.165, 1.54) is 12.8 Å². The van der Waals surface area contributed by atoms with Gasteiger partial charge in [-0.05, 0) is 24.7 Å². The number of nitrogens with two attached hydrogens (primary N) is 1. The van der Waals surface area contributed by atoms with E-state index in [0.29, 0.717) is 6.54 Å². The largest absolute Gasteiger partial charge is 0.352 e. The second-order valence-electron chi connectivity index (χ2n) is 6.37. The lowest BCUT2D eigenvalue weighted by Crippen LogP contribution is -2.47. The number of amides is 1. The van der Waals surface area contributed by atoms with Crippen molar-refractivity contribution in [2.24, 2.45) is 17.1 Å². The summed E-state index contributed by atoms with van der Waals surface area (Å²) in [5, 5.41) is 3.16. The van der Waals surface area contributed by atoms with E-state index in [0.717, 1.165) is 32.1 Å². The molecule has 0 saturated heterocycles. The lowest BCUT2D eigenvalue weighted by Gasteiger charge is -2.38. The average Bonchev–Trinajstić information content (AvgIpc) is 2.33. The van der Waals surface area contributed by atoms with E-state index in [2.05, 4.69) is 26.1 Å². The van der Waals surface area contributed by atoms with E-state index in [9.17, 15) is 4.79 Å². The van der Waals surface area contributed by atoms with Crippen molar-refractivity contribution in [1.29, 1.82) is 0 Å². The van der Waals surface area contributed by atoms with Crippen LogP contribution < -0.4 is 11.1 Å². The Bertz CT molecular complexity index is 263.